The quantitative estimate of drug-likeness (QED) is 0.359. The predicted octanol–water partition coefficient (Wildman–Crippen LogP) is 4.19. The number of carboxylic acid groups (broad SMARTS) is 1. The number of alkyl halides is 16. The zero-order valence-corrected chi connectivity index (χ0v) is 14.8. The molecule has 170 valence electrons. The van der Waals surface area contributed by atoms with E-state index in [1.807, 2.05) is 0 Å². The summed E-state index contributed by atoms with van der Waals surface area (Å²) in [6.07, 6.45) is -7.67. The summed E-state index contributed by atoms with van der Waals surface area (Å²) in [5.41, 5.74) is -7.65. The van der Waals surface area contributed by atoms with E-state index in [9.17, 15) is 75.0 Å². The summed E-state index contributed by atoms with van der Waals surface area (Å²) < 4.78 is 209. The Labute approximate surface area is 179 Å². The fourth-order valence-electron chi connectivity index (χ4n) is 1.96. The van der Waals surface area contributed by atoms with Gasteiger partial charge in [-0.25, -0.2) is 9.18 Å². The summed E-state index contributed by atoms with van der Waals surface area (Å²) in [4.78, 5) is 5.71. The van der Waals surface area contributed by atoms with Crippen LogP contribution >= 0.6 is 0 Å². The second-order valence-corrected chi connectivity index (χ2v) is 5.14. The number of piperidine rings is 1. The van der Waals surface area contributed by atoms with Crippen LogP contribution in [-0.2, 0) is 4.79 Å². The van der Waals surface area contributed by atoms with Gasteiger partial charge >= 0.3 is 91.5 Å². The second-order valence-electron chi connectivity index (χ2n) is 5.14. The second kappa shape index (κ2) is 6.78. The minimum absolute atomic E-state index is 0. The third-order valence-corrected chi connectivity index (χ3v) is 3.49. The van der Waals surface area contributed by atoms with Crippen LogP contribution in [0, 0.1) is 0 Å². The molecule has 0 radical (unpaired) electrons. The van der Waals surface area contributed by atoms with E-state index in [-0.39, 0.29) is 40.6 Å². The standard InChI is InChI=1S/C9HF16NO2.Ca.2H/c10-2(1(27)28,6(17,18)19)7(20,21)26-8(22,23)4(13,14)3(11,12)5(15,16)9(26,24)25;;;/h(H,27,28);;;/q;+2;2*-1. The molecule has 0 aromatic heterocycles. The molecule has 1 saturated heterocycles. The number of hydrogen-bond acceptors (Lipinski definition) is 2. The third-order valence-electron chi connectivity index (χ3n) is 3.49. The Morgan fingerprint density at radius 1 is 0.690 bits per heavy atom. The fourth-order valence-corrected chi connectivity index (χ4v) is 1.96. The van der Waals surface area contributed by atoms with E-state index >= 15 is 0 Å². The third kappa shape index (κ3) is 3.00. The number of rotatable bonds is 3. The molecule has 1 unspecified atom stereocenters. The van der Waals surface area contributed by atoms with Crippen molar-refractivity contribution in [3.8, 4) is 0 Å². The maximum Gasteiger partial charge on any atom is 2.00 e. The van der Waals surface area contributed by atoms with E-state index in [2.05, 4.69) is 0 Å². The molecule has 29 heavy (non-hydrogen) atoms. The molecule has 1 atom stereocenters. The molecule has 1 rings (SSSR count). The number of nitrogens with zero attached hydrogens (tertiary/aromatic N) is 1. The molecule has 1 aliphatic rings. The van der Waals surface area contributed by atoms with Crippen LogP contribution in [0.25, 0.3) is 0 Å². The van der Waals surface area contributed by atoms with Crippen molar-refractivity contribution >= 4 is 43.7 Å². The molecule has 1 fully saturated rings. The van der Waals surface area contributed by atoms with Crippen molar-refractivity contribution in [2.24, 2.45) is 0 Å². The van der Waals surface area contributed by atoms with Crippen LogP contribution in [-0.4, -0.2) is 101 Å². The maximum absolute atomic E-state index is 13.6. The molecule has 0 aromatic rings. The van der Waals surface area contributed by atoms with Gasteiger partial charge in [-0.15, -0.1) is 4.90 Å². The SMILES string of the molecule is O=C(O)C(F)(C(F)(F)F)C(F)(F)N1C(F)(F)C(F)(F)C(F)(F)C(F)(F)C1(F)F.[Ca+2].[H-].[H-]. The topological polar surface area (TPSA) is 40.5 Å². The molecule has 0 saturated carbocycles. The van der Waals surface area contributed by atoms with Crippen molar-refractivity contribution in [3.63, 3.8) is 0 Å². The van der Waals surface area contributed by atoms with Gasteiger partial charge in [0, 0.05) is 0 Å². The molecule has 0 aliphatic carbocycles. The average molecular weight is 501 g/mol. The molecule has 20 heteroatoms. The van der Waals surface area contributed by atoms with Crippen LogP contribution < -0.4 is 0 Å². The van der Waals surface area contributed by atoms with Crippen molar-refractivity contribution in [3.05, 3.63) is 0 Å². The molecule has 3 nitrogen and oxygen atoms in total. The van der Waals surface area contributed by atoms with Crippen LogP contribution in [0.2, 0.25) is 0 Å². The van der Waals surface area contributed by atoms with Gasteiger partial charge in [0.25, 0.3) is 0 Å². The van der Waals surface area contributed by atoms with E-state index in [1.54, 1.807) is 0 Å². The van der Waals surface area contributed by atoms with Gasteiger partial charge in [0.05, 0.1) is 0 Å². The van der Waals surface area contributed by atoms with Gasteiger partial charge in [-0.2, -0.15) is 65.9 Å². The Morgan fingerprint density at radius 2 is 0.966 bits per heavy atom. The molecular formula is C9H3CaF16NO2. The average Bonchev–Trinajstić information content (AvgIpc) is 2.41. The van der Waals surface area contributed by atoms with Crippen LogP contribution in [0.5, 0.6) is 0 Å². The summed E-state index contributed by atoms with van der Waals surface area (Å²) >= 11 is 0. The van der Waals surface area contributed by atoms with Gasteiger partial charge in [-0.05, 0) is 0 Å². The van der Waals surface area contributed by atoms with E-state index in [0.29, 0.717) is 0 Å². The van der Waals surface area contributed by atoms with Gasteiger partial charge < -0.3 is 7.96 Å². The minimum atomic E-state index is -8.17. The molecule has 0 amide bonds. The monoisotopic (exact) mass is 501 g/mol. The Balaban J connectivity index is -0.00000261. The predicted molar refractivity (Wildman–Crippen MR) is 57.0 cm³/mol. The van der Waals surface area contributed by atoms with Crippen LogP contribution in [0.3, 0.4) is 0 Å². The first-order valence-corrected chi connectivity index (χ1v) is 5.87. The summed E-state index contributed by atoms with van der Waals surface area (Å²) in [5.74, 6) is -28.4. The molecule has 1 aliphatic heterocycles. The van der Waals surface area contributed by atoms with Crippen LogP contribution in [0.4, 0.5) is 70.2 Å². The molecule has 1 N–H and O–H groups in total. The number of carbonyl (C=O) groups is 1. The summed E-state index contributed by atoms with van der Waals surface area (Å²) in [6, 6.07) is -24.2. The number of halogens is 16. The van der Waals surface area contributed by atoms with E-state index in [4.69, 9.17) is 5.11 Å². The number of carboxylic acids is 1. The van der Waals surface area contributed by atoms with Gasteiger partial charge in [-0.1, -0.05) is 0 Å². The smallest absolute Gasteiger partial charge is 1.00 e. The number of aliphatic carboxylic acids is 1. The molecule has 0 bridgehead atoms. The van der Waals surface area contributed by atoms with Gasteiger partial charge in [-0.3, -0.25) is 0 Å². The van der Waals surface area contributed by atoms with Gasteiger partial charge in [0.15, 0.2) is 0 Å². The Kier molecular flexibility index (Phi) is 6.68. The van der Waals surface area contributed by atoms with Crippen molar-refractivity contribution in [1.29, 1.82) is 0 Å². The molecule has 0 aromatic carbocycles. The Bertz CT molecular complexity index is 654. The Hall–Kier alpha value is -0.430. The zero-order chi connectivity index (χ0) is 23.2. The molecule has 1 heterocycles. The van der Waals surface area contributed by atoms with E-state index in [0.717, 1.165) is 0 Å². The van der Waals surface area contributed by atoms with Crippen molar-refractivity contribution in [2.45, 2.75) is 47.8 Å². The van der Waals surface area contributed by atoms with E-state index < -0.39 is 58.6 Å². The largest absolute Gasteiger partial charge is 2.00 e. The Morgan fingerprint density at radius 3 is 1.17 bits per heavy atom. The summed E-state index contributed by atoms with van der Waals surface area (Å²) in [7, 11) is 0. The maximum atomic E-state index is 13.6. The van der Waals surface area contributed by atoms with E-state index in [1.165, 1.54) is 0 Å². The van der Waals surface area contributed by atoms with Gasteiger partial charge in [0.2, 0.25) is 0 Å². The summed E-state index contributed by atoms with van der Waals surface area (Å²) in [6.45, 7) is 0. The first-order chi connectivity index (χ1) is 11.8. The normalized spacial score (nSPS) is 27.4. The number of hydrogen-bond donors (Lipinski definition) is 1. The first-order valence-electron chi connectivity index (χ1n) is 5.87. The molecular weight excluding hydrogens is 498 g/mol. The van der Waals surface area contributed by atoms with Crippen molar-refractivity contribution in [2.75, 3.05) is 0 Å². The minimum Gasteiger partial charge on any atom is -1.00 e. The van der Waals surface area contributed by atoms with Crippen LogP contribution in [0.1, 0.15) is 2.85 Å². The van der Waals surface area contributed by atoms with Crippen LogP contribution in [0.15, 0.2) is 0 Å². The fraction of sp³-hybridized carbons (Fsp3) is 0.889. The first kappa shape index (κ1) is 28.6. The van der Waals surface area contributed by atoms with Gasteiger partial charge in [0.1, 0.15) is 0 Å². The summed E-state index contributed by atoms with van der Waals surface area (Å²) in [5, 5.41) is 7.92. The number of likely N-dealkylation sites (tertiary alicyclic amines) is 1. The molecule has 0 spiro atoms. The van der Waals surface area contributed by atoms with Crippen molar-refractivity contribution < 1.29 is 83.0 Å². The zero-order valence-electron chi connectivity index (χ0n) is 14.6. The van der Waals surface area contributed by atoms with Crippen molar-refractivity contribution in [1.82, 2.24) is 4.90 Å².